The quantitative estimate of drug-likeness (QED) is 0.525. The van der Waals surface area contributed by atoms with E-state index in [0.717, 1.165) is 25.7 Å². The van der Waals surface area contributed by atoms with Crippen molar-refractivity contribution in [2.75, 3.05) is 0 Å². The number of carbonyl (C=O) groups excluding carboxylic acids is 2. The molecule has 2 heterocycles. The predicted molar refractivity (Wildman–Crippen MR) is 136 cm³/mol. The number of carboxylic acid groups (broad SMARTS) is 1. The topological polar surface area (TPSA) is 123 Å². The van der Waals surface area contributed by atoms with Crippen molar-refractivity contribution in [3.63, 3.8) is 0 Å². The number of amides is 2. The van der Waals surface area contributed by atoms with Gasteiger partial charge in [0.25, 0.3) is 0 Å². The van der Waals surface area contributed by atoms with E-state index in [-0.39, 0.29) is 17.6 Å². The molecule has 4 rings (SSSR count). The van der Waals surface area contributed by atoms with Crippen molar-refractivity contribution in [3.8, 4) is 0 Å². The number of carbonyl (C=O) groups is 3. The van der Waals surface area contributed by atoms with Crippen molar-refractivity contribution in [2.45, 2.75) is 96.7 Å². The molecule has 3 N–H and O–H groups in total. The Morgan fingerprint density at radius 2 is 1.86 bits per heavy atom. The van der Waals surface area contributed by atoms with Crippen molar-refractivity contribution >= 4 is 28.9 Å². The number of nitrogens with two attached hydrogens (primary N) is 1. The third-order valence-corrected chi connectivity index (χ3v) is 8.15. The zero-order chi connectivity index (χ0) is 26.4. The highest BCUT2D eigenvalue weighted by atomic mass is 16.6. The number of hydrogen-bond donors (Lipinski definition) is 2. The Hall–Kier alpha value is -3.03. The van der Waals surface area contributed by atoms with Crippen LogP contribution in [0, 0.1) is 18.8 Å². The molecule has 2 aromatic rings. The normalized spacial score (nSPS) is 25.3. The van der Waals surface area contributed by atoms with E-state index >= 15 is 0 Å². The van der Waals surface area contributed by atoms with Gasteiger partial charge in [0.05, 0.1) is 6.04 Å². The molecule has 1 aliphatic carbocycles. The van der Waals surface area contributed by atoms with Gasteiger partial charge in [0.15, 0.2) is 0 Å². The largest absolute Gasteiger partial charge is 0.475 e. The van der Waals surface area contributed by atoms with E-state index in [4.69, 9.17) is 14.9 Å². The minimum atomic E-state index is -1.21. The number of ether oxygens (including phenoxy) is 1. The molecule has 2 amide bonds. The van der Waals surface area contributed by atoms with Gasteiger partial charge in [0, 0.05) is 16.5 Å². The minimum absolute atomic E-state index is 0.125. The van der Waals surface area contributed by atoms with Crippen LogP contribution in [-0.2, 0) is 9.53 Å². The molecular formula is C28H38N2O6. The van der Waals surface area contributed by atoms with Crippen molar-refractivity contribution in [2.24, 2.45) is 17.6 Å². The van der Waals surface area contributed by atoms with E-state index in [1.165, 1.54) is 6.42 Å². The number of rotatable bonds is 5. The van der Waals surface area contributed by atoms with Gasteiger partial charge in [-0.2, -0.15) is 0 Å². The second kappa shape index (κ2) is 9.45. The summed E-state index contributed by atoms with van der Waals surface area (Å²) in [6.45, 7) is 9.00. The van der Waals surface area contributed by atoms with E-state index in [1.807, 2.05) is 25.1 Å². The minimum Gasteiger partial charge on any atom is -0.475 e. The highest BCUT2D eigenvalue weighted by Gasteiger charge is 2.61. The molecule has 1 saturated carbocycles. The molecule has 8 nitrogen and oxygen atoms in total. The number of aryl methyl sites for hydroxylation is 1. The van der Waals surface area contributed by atoms with Crippen molar-refractivity contribution in [1.82, 2.24) is 4.90 Å². The smallest absolute Gasteiger partial charge is 0.411 e. The molecule has 1 aromatic carbocycles. The molecule has 1 aliphatic heterocycles. The van der Waals surface area contributed by atoms with Gasteiger partial charge in [-0.1, -0.05) is 57.2 Å². The number of aromatic carboxylic acids is 1. The van der Waals surface area contributed by atoms with Crippen LogP contribution in [0.15, 0.2) is 22.6 Å². The van der Waals surface area contributed by atoms with Gasteiger partial charge in [0.1, 0.15) is 16.7 Å². The fraction of sp³-hybridized carbons (Fsp3) is 0.607. The van der Waals surface area contributed by atoms with Crippen molar-refractivity contribution in [1.29, 1.82) is 0 Å². The first-order chi connectivity index (χ1) is 16.9. The molecule has 2 aliphatic rings. The maximum Gasteiger partial charge on any atom is 0.411 e. The van der Waals surface area contributed by atoms with Crippen LogP contribution in [-0.4, -0.2) is 39.1 Å². The summed E-state index contributed by atoms with van der Waals surface area (Å²) in [6.07, 6.45) is 5.63. The lowest BCUT2D eigenvalue weighted by molar-refractivity contribution is -0.133. The summed E-state index contributed by atoms with van der Waals surface area (Å²) in [4.78, 5) is 40.6. The standard InChI is InChI=1S/C28H38N2O6/c1-6-28(25(29)33)20(17-11-8-7-9-12-17)15-21(30(28)26(34)36-27(3,4)5)19-14-10-13-18-16(2)22(24(31)32)35-23(18)19/h10,13-14,17,20-21H,6-9,11-12,15H2,1-5H3,(H2,29,33)(H,31,32)/t20-,21?,28-/m0/s1. The van der Waals surface area contributed by atoms with Crippen LogP contribution < -0.4 is 5.73 Å². The molecule has 3 atom stereocenters. The van der Waals surface area contributed by atoms with Crippen LogP contribution in [0.4, 0.5) is 4.79 Å². The van der Waals surface area contributed by atoms with Gasteiger partial charge in [0.2, 0.25) is 11.7 Å². The first-order valence-electron chi connectivity index (χ1n) is 13.0. The summed E-state index contributed by atoms with van der Waals surface area (Å²) in [7, 11) is 0. The van der Waals surface area contributed by atoms with Gasteiger partial charge in [-0.15, -0.1) is 0 Å². The molecule has 0 bridgehead atoms. The van der Waals surface area contributed by atoms with Gasteiger partial charge < -0.3 is 20.0 Å². The van der Waals surface area contributed by atoms with Gasteiger partial charge >= 0.3 is 12.1 Å². The summed E-state index contributed by atoms with van der Waals surface area (Å²) in [5.74, 6) is -1.68. The van der Waals surface area contributed by atoms with E-state index in [1.54, 1.807) is 32.6 Å². The predicted octanol–water partition coefficient (Wildman–Crippen LogP) is 5.95. The fourth-order valence-electron chi connectivity index (χ4n) is 6.62. The number of hydrogen-bond acceptors (Lipinski definition) is 5. The molecule has 8 heteroatoms. The molecule has 0 spiro atoms. The van der Waals surface area contributed by atoms with Gasteiger partial charge in [-0.05, 0) is 52.4 Å². The Morgan fingerprint density at radius 3 is 2.42 bits per heavy atom. The number of primary amides is 1. The zero-order valence-electron chi connectivity index (χ0n) is 21.9. The van der Waals surface area contributed by atoms with E-state index in [2.05, 4.69) is 0 Å². The number of likely N-dealkylation sites (tertiary alicyclic amines) is 1. The molecule has 36 heavy (non-hydrogen) atoms. The van der Waals surface area contributed by atoms with Gasteiger partial charge in [-0.25, -0.2) is 9.59 Å². The molecule has 2 fully saturated rings. The molecule has 0 radical (unpaired) electrons. The third-order valence-electron chi connectivity index (χ3n) is 8.15. The average Bonchev–Trinajstić information content (AvgIpc) is 3.35. The highest BCUT2D eigenvalue weighted by molar-refractivity contribution is 5.96. The van der Waals surface area contributed by atoms with Crippen LogP contribution in [0.1, 0.15) is 100 Å². The van der Waals surface area contributed by atoms with Crippen molar-refractivity contribution in [3.05, 3.63) is 35.1 Å². The summed E-state index contributed by atoms with van der Waals surface area (Å²) in [6, 6.07) is 4.96. The summed E-state index contributed by atoms with van der Waals surface area (Å²) < 4.78 is 11.7. The second-order valence-corrected chi connectivity index (χ2v) is 11.3. The maximum atomic E-state index is 13.8. The lowest BCUT2D eigenvalue weighted by Crippen LogP contribution is -2.61. The van der Waals surface area contributed by atoms with Crippen LogP contribution in [0.2, 0.25) is 0 Å². The number of furan rings is 1. The van der Waals surface area contributed by atoms with Crippen LogP contribution in [0.3, 0.4) is 0 Å². The SMILES string of the molecule is CC[C@@]1(C(N)=O)[C@H](C2CCCCC2)CC(c2cccc3c(C)c(C(=O)O)oc23)N1C(=O)OC(C)(C)C. The Kier molecular flexibility index (Phi) is 6.84. The Labute approximate surface area is 212 Å². The lowest BCUT2D eigenvalue weighted by Gasteiger charge is -2.44. The Balaban J connectivity index is 1.93. The van der Waals surface area contributed by atoms with Crippen LogP contribution in [0.25, 0.3) is 11.0 Å². The number of fused-ring (bicyclic) bond motifs is 1. The Morgan fingerprint density at radius 1 is 1.19 bits per heavy atom. The zero-order valence-corrected chi connectivity index (χ0v) is 21.9. The number of para-hydroxylation sites is 1. The summed E-state index contributed by atoms with van der Waals surface area (Å²) in [5, 5.41) is 10.3. The first-order valence-corrected chi connectivity index (χ1v) is 13.0. The fourth-order valence-corrected chi connectivity index (χ4v) is 6.62. The molecule has 1 unspecified atom stereocenters. The molecular weight excluding hydrogens is 460 g/mol. The maximum absolute atomic E-state index is 13.8. The van der Waals surface area contributed by atoms with E-state index in [0.29, 0.717) is 34.9 Å². The van der Waals surface area contributed by atoms with Crippen molar-refractivity contribution < 1.29 is 28.6 Å². The van der Waals surface area contributed by atoms with Gasteiger partial charge in [-0.3, -0.25) is 9.69 Å². The average molecular weight is 499 g/mol. The lowest BCUT2D eigenvalue weighted by atomic mass is 9.69. The monoisotopic (exact) mass is 498 g/mol. The first kappa shape index (κ1) is 26.0. The summed E-state index contributed by atoms with van der Waals surface area (Å²) in [5.41, 5.74) is 5.80. The number of carboxylic acids is 1. The van der Waals surface area contributed by atoms with Crippen LogP contribution >= 0.6 is 0 Å². The molecule has 1 aromatic heterocycles. The number of benzene rings is 1. The summed E-state index contributed by atoms with van der Waals surface area (Å²) >= 11 is 0. The highest BCUT2D eigenvalue weighted by Crippen LogP contribution is 2.55. The van der Waals surface area contributed by atoms with E-state index in [9.17, 15) is 19.5 Å². The Bertz CT molecular complexity index is 1170. The number of nitrogens with zero attached hydrogens (tertiary/aromatic N) is 1. The van der Waals surface area contributed by atoms with Crippen LogP contribution in [0.5, 0.6) is 0 Å². The second-order valence-electron chi connectivity index (χ2n) is 11.3. The molecule has 1 saturated heterocycles. The molecule has 196 valence electrons. The third kappa shape index (κ3) is 4.24. The van der Waals surface area contributed by atoms with E-state index < -0.39 is 35.2 Å².